The number of halogens is 1. The first-order valence-corrected chi connectivity index (χ1v) is 9.07. The van der Waals surface area contributed by atoms with Crippen molar-refractivity contribution in [1.29, 1.82) is 0 Å². The van der Waals surface area contributed by atoms with Crippen molar-refractivity contribution in [2.45, 2.75) is 32.2 Å². The molecule has 1 aliphatic rings. The molecule has 0 saturated carbocycles. The van der Waals surface area contributed by atoms with Gasteiger partial charge in [-0.3, -0.25) is 4.99 Å². The molecular weight excluding hydrogens is 459 g/mol. The fourth-order valence-corrected chi connectivity index (χ4v) is 3.08. The summed E-state index contributed by atoms with van der Waals surface area (Å²) in [4.78, 5) is 25.6. The van der Waals surface area contributed by atoms with Crippen molar-refractivity contribution in [2.24, 2.45) is 10.7 Å². The number of carbonyl (C=O) groups is 1. The Bertz CT molecular complexity index is 737. The van der Waals surface area contributed by atoms with E-state index in [-0.39, 0.29) is 36.1 Å². The molecule has 8 nitrogen and oxygen atoms in total. The number of ether oxygens (including phenoxy) is 1. The van der Waals surface area contributed by atoms with E-state index in [1.807, 2.05) is 31.2 Å². The summed E-state index contributed by atoms with van der Waals surface area (Å²) in [5.74, 6) is 1.35. The van der Waals surface area contributed by atoms with E-state index < -0.39 is 0 Å². The molecule has 0 aliphatic carbocycles. The van der Waals surface area contributed by atoms with E-state index in [2.05, 4.69) is 20.3 Å². The van der Waals surface area contributed by atoms with E-state index >= 15 is 0 Å². The van der Waals surface area contributed by atoms with Gasteiger partial charge < -0.3 is 25.7 Å². The Morgan fingerprint density at radius 3 is 2.85 bits per heavy atom. The fraction of sp³-hybridized carbons (Fsp3) is 0.500. The number of nitrogens with two attached hydrogens (primary N) is 1. The smallest absolute Gasteiger partial charge is 0.409 e. The number of amides is 1. The minimum Gasteiger partial charge on any atom is -0.450 e. The van der Waals surface area contributed by atoms with Gasteiger partial charge in [0.05, 0.1) is 17.6 Å². The number of aromatic amines is 1. The predicted octanol–water partition coefficient (Wildman–Crippen LogP) is 2.25. The van der Waals surface area contributed by atoms with Crippen LogP contribution in [-0.4, -0.2) is 59.2 Å². The van der Waals surface area contributed by atoms with Crippen LogP contribution in [0.1, 0.15) is 25.6 Å². The predicted molar refractivity (Wildman–Crippen MR) is 116 cm³/mol. The van der Waals surface area contributed by atoms with Crippen molar-refractivity contribution >= 4 is 47.1 Å². The van der Waals surface area contributed by atoms with Gasteiger partial charge in [-0.25, -0.2) is 9.78 Å². The van der Waals surface area contributed by atoms with Gasteiger partial charge in [-0.2, -0.15) is 0 Å². The molecule has 3 rings (SSSR count). The number of rotatable bonds is 5. The van der Waals surface area contributed by atoms with Crippen molar-refractivity contribution in [1.82, 2.24) is 20.2 Å². The van der Waals surface area contributed by atoms with Crippen LogP contribution < -0.4 is 11.1 Å². The zero-order chi connectivity index (χ0) is 18.4. The second-order valence-corrected chi connectivity index (χ2v) is 6.32. The van der Waals surface area contributed by atoms with Crippen LogP contribution in [0, 0.1) is 0 Å². The molecule has 148 valence electrons. The maximum Gasteiger partial charge on any atom is 0.409 e. The normalized spacial score (nSPS) is 15.4. The molecule has 4 N–H and O–H groups in total. The van der Waals surface area contributed by atoms with Crippen LogP contribution in [0.5, 0.6) is 0 Å². The Morgan fingerprint density at radius 1 is 1.41 bits per heavy atom. The van der Waals surface area contributed by atoms with Crippen LogP contribution in [-0.2, 0) is 11.2 Å². The molecule has 2 heterocycles. The monoisotopic (exact) mass is 486 g/mol. The van der Waals surface area contributed by atoms with Gasteiger partial charge in [-0.05, 0) is 31.9 Å². The van der Waals surface area contributed by atoms with Crippen LogP contribution in [0.25, 0.3) is 11.0 Å². The highest BCUT2D eigenvalue weighted by atomic mass is 127. The first-order valence-electron chi connectivity index (χ1n) is 9.07. The summed E-state index contributed by atoms with van der Waals surface area (Å²) in [5, 5.41) is 3.24. The molecular formula is C18H27IN6O2. The summed E-state index contributed by atoms with van der Waals surface area (Å²) in [6.45, 7) is 4.13. The first-order chi connectivity index (χ1) is 12.7. The number of piperidine rings is 1. The van der Waals surface area contributed by atoms with Crippen molar-refractivity contribution in [2.75, 3.05) is 26.2 Å². The van der Waals surface area contributed by atoms with Gasteiger partial charge in [0.15, 0.2) is 5.96 Å². The zero-order valence-corrected chi connectivity index (χ0v) is 17.8. The second-order valence-electron chi connectivity index (χ2n) is 6.32. The van der Waals surface area contributed by atoms with E-state index in [1.165, 1.54) is 0 Å². The maximum absolute atomic E-state index is 11.7. The molecule has 1 amide bonds. The number of likely N-dealkylation sites (tertiary alicyclic amines) is 1. The van der Waals surface area contributed by atoms with E-state index in [4.69, 9.17) is 10.5 Å². The molecule has 1 fully saturated rings. The highest BCUT2D eigenvalue weighted by Crippen LogP contribution is 2.12. The van der Waals surface area contributed by atoms with Crippen molar-refractivity contribution in [3.63, 3.8) is 0 Å². The number of benzene rings is 1. The maximum atomic E-state index is 11.7. The number of fused-ring (bicyclic) bond motifs is 1. The third-order valence-corrected chi connectivity index (χ3v) is 4.44. The van der Waals surface area contributed by atoms with Crippen LogP contribution in [0.4, 0.5) is 4.79 Å². The van der Waals surface area contributed by atoms with Gasteiger partial charge in [0, 0.05) is 32.1 Å². The Labute approximate surface area is 176 Å². The Morgan fingerprint density at radius 2 is 2.15 bits per heavy atom. The van der Waals surface area contributed by atoms with Gasteiger partial charge >= 0.3 is 6.09 Å². The summed E-state index contributed by atoms with van der Waals surface area (Å²) in [7, 11) is 0. The van der Waals surface area contributed by atoms with Crippen LogP contribution in [0.15, 0.2) is 29.3 Å². The quantitative estimate of drug-likeness (QED) is 0.341. The first kappa shape index (κ1) is 21.3. The number of hydrogen-bond acceptors (Lipinski definition) is 4. The summed E-state index contributed by atoms with van der Waals surface area (Å²) in [6.07, 6.45) is 2.13. The molecule has 0 bridgehead atoms. The number of carbonyl (C=O) groups excluding carboxylic acids is 1. The summed E-state index contributed by atoms with van der Waals surface area (Å²) in [6, 6.07) is 8.18. The third-order valence-electron chi connectivity index (χ3n) is 4.44. The number of hydrogen-bond donors (Lipinski definition) is 3. The minimum atomic E-state index is -0.238. The number of imidazole rings is 1. The standard InChI is InChI=1S/C18H26N6O2.HI/c1-2-26-18(25)24-11-8-13(9-12-24)21-17(19)20-10-7-16-22-14-5-3-4-6-15(14)23-16;/h3-6,13H,2,7-12H2,1H3,(H,22,23)(H3,19,20,21);1H. The molecule has 0 atom stereocenters. The summed E-state index contributed by atoms with van der Waals surface area (Å²) < 4.78 is 5.02. The van der Waals surface area contributed by atoms with Crippen LogP contribution in [0.2, 0.25) is 0 Å². The van der Waals surface area contributed by atoms with Gasteiger partial charge in [0.25, 0.3) is 0 Å². The van der Waals surface area contributed by atoms with Crippen molar-refractivity contribution in [3.8, 4) is 0 Å². The molecule has 9 heteroatoms. The molecule has 1 aromatic heterocycles. The van der Waals surface area contributed by atoms with Crippen LogP contribution in [0.3, 0.4) is 0 Å². The number of aliphatic imine (C=N–C) groups is 1. The summed E-state index contributed by atoms with van der Waals surface area (Å²) in [5.41, 5.74) is 7.99. The Hall–Kier alpha value is -2.04. The van der Waals surface area contributed by atoms with E-state index in [0.717, 1.165) is 29.7 Å². The molecule has 0 spiro atoms. The second kappa shape index (κ2) is 10.3. The number of aromatic nitrogens is 2. The van der Waals surface area contributed by atoms with Crippen LogP contribution >= 0.6 is 24.0 Å². The molecule has 2 aromatic rings. The summed E-state index contributed by atoms with van der Waals surface area (Å²) >= 11 is 0. The molecule has 0 radical (unpaired) electrons. The lowest BCUT2D eigenvalue weighted by atomic mass is 10.1. The molecule has 0 unspecified atom stereocenters. The highest BCUT2D eigenvalue weighted by Gasteiger charge is 2.23. The fourth-order valence-electron chi connectivity index (χ4n) is 3.08. The third kappa shape index (κ3) is 5.98. The highest BCUT2D eigenvalue weighted by molar-refractivity contribution is 14.0. The SMILES string of the molecule is CCOC(=O)N1CCC(NC(N)=NCCc2nc3ccccc3[nH]2)CC1.I. The lowest BCUT2D eigenvalue weighted by Gasteiger charge is -2.31. The zero-order valence-electron chi connectivity index (χ0n) is 15.5. The topological polar surface area (TPSA) is 109 Å². The van der Waals surface area contributed by atoms with Gasteiger partial charge in [-0.15, -0.1) is 24.0 Å². The van der Waals surface area contributed by atoms with Gasteiger partial charge in [0.2, 0.25) is 0 Å². The van der Waals surface area contributed by atoms with E-state index in [9.17, 15) is 4.79 Å². The van der Waals surface area contributed by atoms with Crippen molar-refractivity contribution in [3.05, 3.63) is 30.1 Å². The van der Waals surface area contributed by atoms with Crippen molar-refractivity contribution < 1.29 is 9.53 Å². The minimum absolute atomic E-state index is 0. The van der Waals surface area contributed by atoms with E-state index in [1.54, 1.807) is 4.90 Å². The average molecular weight is 486 g/mol. The number of H-pyrrole nitrogens is 1. The van der Waals surface area contributed by atoms with Gasteiger partial charge in [-0.1, -0.05) is 12.1 Å². The molecule has 1 aliphatic heterocycles. The number of guanidine groups is 1. The molecule has 1 aromatic carbocycles. The lowest BCUT2D eigenvalue weighted by Crippen LogP contribution is -2.48. The number of nitrogens with one attached hydrogen (secondary N) is 2. The number of para-hydroxylation sites is 2. The molecule has 1 saturated heterocycles. The Kier molecular flexibility index (Phi) is 8.14. The Balaban J connectivity index is 0.00000261. The van der Waals surface area contributed by atoms with Gasteiger partial charge in [0.1, 0.15) is 5.82 Å². The molecule has 27 heavy (non-hydrogen) atoms. The lowest BCUT2D eigenvalue weighted by molar-refractivity contribution is 0.0963. The average Bonchev–Trinajstić information content (AvgIpc) is 3.05. The largest absolute Gasteiger partial charge is 0.450 e. The number of nitrogens with zero attached hydrogens (tertiary/aromatic N) is 3. The van der Waals surface area contributed by atoms with E-state index in [0.29, 0.717) is 38.6 Å².